The van der Waals surface area contributed by atoms with Crippen molar-refractivity contribution in [1.29, 1.82) is 0 Å². The molecule has 4 heteroatoms. The summed E-state index contributed by atoms with van der Waals surface area (Å²) in [6, 6.07) is 14.8. The van der Waals surface area contributed by atoms with Gasteiger partial charge in [0.1, 0.15) is 5.82 Å². The summed E-state index contributed by atoms with van der Waals surface area (Å²) in [6.07, 6.45) is 3.96. The molecule has 3 rings (SSSR count). The third-order valence-corrected chi connectivity index (χ3v) is 4.85. The van der Waals surface area contributed by atoms with Crippen molar-refractivity contribution in [2.45, 2.75) is 32.4 Å². The monoisotopic (exact) mass is 323 g/mol. The van der Waals surface area contributed by atoms with E-state index in [1.54, 1.807) is 13.1 Å². The number of piperidine rings is 1. The van der Waals surface area contributed by atoms with Gasteiger partial charge >= 0.3 is 0 Å². The number of hydrogen-bond donors (Lipinski definition) is 0. The van der Waals surface area contributed by atoms with Gasteiger partial charge in [0.2, 0.25) is 0 Å². The van der Waals surface area contributed by atoms with E-state index in [1.807, 2.05) is 12.1 Å². The first-order valence-electron chi connectivity index (χ1n) is 8.60. The molecule has 2 aromatic rings. The van der Waals surface area contributed by atoms with Crippen LogP contribution in [-0.2, 0) is 6.54 Å². The topological polar surface area (TPSA) is 36.4 Å². The summed E-state index contributed by atoms with van der Waals surface area (Å²) in [6.45, 7) is 4.77. The van der Waals surface area contributed by atoms with Gasteiger partial charge in [0.15, 0.2) is 5.78 Å². The first kappa shape index (κ1) is 16.7. The van der Waals surface area contributed by atoms with E-state index in [9.17, 15) is 4.79 Å². The summed E-state index contributed by atoms with van der Waals surface area (Å²) in [5, 5.41) is 0. The summed E-state index contributed by atoms with van der Waals surface area (Å²) >= 11 is 0. The number of pyridine rings is 1. The predicted octanol–water partition coefficient (Wildman–Crippen LogP) is 3.39. The predicted molar refractivity (Wildman–Crippen MR) is 97.4 cm³/mol. The molecule has 1 aliphatic heterocycles. The Balaban J connectivity index is 1.61. The molecular formula is C20H25N3O. The number of anilines is 1. The number of aromatic nitrogens is 1. The summed E-state index contributed by atoms with van der Waals surface area (Å²) in [4.78, 5) is 21.0. The number of nitrogens with zero attached hydrogens (tertiary/aromatic N) is 3. The second kappa shape index (κ2) is 7.58. The van der Waals surface area contributed by atoms with Gasteiger partial charge in [-0.15, -0.1) is 0 Å². The lowest BCUT2D eigenvalue weighted by atomic mass is 10.0. The van der Waals surface area contributed by atoms with Gasteiger partial charge in [0.05, 0.1) is 5.56 Å². The zero-order chi connectivity index (χ0) is 16.9. The minimum absolute atomic E-state index is 0.0754. The van der Waals surface area contributed by atoms with Gasteiger partial charge in [-0.1, -0.05) is 30.3 Å². The fraction of sp³-hybridized carbons (Fsp3) is 0.400. The van der Waals surface area contributed by atoms with Crippen molar-refractivity contribution < 1.29 is 4.79 Å². The fourth-order valence-corrected chi connectivity index (χ4v) is 3.43. The lowest BCUT2D eigenvalue weighted by Crippen LogP contribution is -2.43. The van der Waals surface area contributed by atoms with Crippen LogP contribution in [0.15, 0.2) is 48.7 Å². The Morgan fingerprint density at radius 2 is 1.88 bits per heavy atom. The Hall–Kier alpha value is -2.20. The highest BCUT2D eigenvalue weighted by Gasteiger charge is 2.25. The van der Waals surface area contributed by atoms with E-state index >= 15 is 0 Å². The molecule has 0 atom stereocenters. The van der Waals surface area contributed by atoms with Gasteiger partial charge in [-0.2, -0.15) is 0 Å². The third-order valence-electron chi connectivity index (χ3n) is 4.85. The molecule has 1 saturated heterocycles. The van der Waals surface area contributed by atoms with Crippen LogP contribution < -0.4 is 4.90 Å². The third kappa shape index (κ3) is 3.82. The first-order valence-corrected chi connectivity index (χ1v) is 8.60. The highest BCUT2D eigenvalue weighted by molar-refractivity contribution is 5.98. The average molecular weight is 323 g/mol. The van der Waals surface area contributed by atoms with Crippen LogP contribution in [0.3, 0.4) is 0 Å². The highest BCUT2D eigenvalue weighted by atomic mass is 16.1. The normalized spacial score (nSPS) is 16.1. The molecule has 0 saturated carbocycles. The second-order valence-electron chi connectivity index (χ2n) is 6.53. The molecule has 0 N–H and O–H groups in total. The van der Waals surface area contributed by atoms with Crippen molar-refractivity contribution in [3.63, 3.8) is 0 Å². The van der Waals surface area contributed by atoms with Crippen LogP contribution in [0, 0.1) is 0 Å². The molecule has 0 aliphatic carbocycles. The van der Waals surface area contributed by atoms with E-state index in [4.69, 9.17) is 0 Å². The quantitative estimate of drug-likeness (QED) is 0.790. The van der Waals surface area contributed by atoms with Crippen molar-refractivity contribution in [2.24, 2.45) is 0 Å². The Morgan fingerprint density at radius 3 is 2.54 bits per heavy atom. The Labute approximate surface area is 144 Å². The molecule has 1 fully saturated rings. The van der Waals surface area contributed by atoms with Crippen molar-refractivity contribution in [1.82, 2.24) is 9.88 Å². The minimum atomic E-state index is 0.0754. The lowest BCUT2D eigenvalue weighted by molar-refractivity contribution is 0.101. The molecule has 0 spiro atoms. The van der Waals surface area contributed by atoms with Gasteiger partial charge in [-0.3, -0.25) is 9.69 Å². The van der Waals surface area contributed by atoms with Crippen LogP contribution in [0.25, 0.3) is 0 Å². The van der Waals surface area contributed by atoms with Crippen molar-refractivity contribution >= 4 is 11.6 Å². The minimum Gasteiger partial charge on any atom is -0.356 e. The maximum absolute atomic E-state index is 11.8. The number of hydrogen-bond acceptors (Lipinski definition) is 4. The van der Waals surface area contributed by atoms with E-state index in [0.29, 0.717) is 11.6 Å². The molecule has 1 aromatic heterocycles. The van der Waals surface area contributed by atoms with Gasteiger partial charge in [0, 0.05) is 38.9 Å². The number of benzene rings is 1. The molecule has 4 nitrogen and oxygen atoms in total. The van der Waals surface area contributed by atoms with Crippen LogP contribution in [-0.4, -0.2) is 41.8 Å². The van der Waals surface area contributed by atoms with Crippen molar-refractivity contribution in [2.75, 3.05) is 25.0 Å². The van der Waals surface area contributed by atoms with Crippen LogP contribution >= 0.6 is 0 Å². The molecule has 24 heavy (non-hydrogen) atoms. The summed E-state index contributed by atoms with van der Waals surface area (Å²) < 4.78 is 0. The fourth-order valence-electron chi connectivity index (χ4n) is 3.43. The molecule has 0 amide bonds. The maximum atomic E-state index is 11.8. The number of likely N-dealkylation sites (tertiary alicyclic amines) is 1. The Bertz CT molecular complexity index is 678. The average Bonchev–Trinajstić information content (AvgIpc) is 2.62. The van der Waals surface area contributed by atoms with Gasteiger partial charge in [0.25, 0.3) is 0 Å². The summed E-state index contributed by atoms with van der Waals surface area (Å²) in [5.41, 5.74) is 2.08. The SMILES string of the molecule is CC(=O)c1cccnc1N(C)C1CCN(Cc2ccccc2)CC1. The van der Waals surface area contributed by atoms with Crippen LogP contribution in [0.5, 0.6) is 0 Å². The molecular weight excluding hydrogens is 298 g/mol. The lowest BCUT2D eigenvalue weighted by Gasteiger charge is -2.37. The molecule has 2 heterocycles. The number of carbonyl (C=O) groups is 1. The van der Waals surface area contributed by atoms with Crippen molar-refractivity contribution in [3.8, 4) is 0 Å². The van der Waals surface area contributed by atoms with E-state index in [1.165, 1.54) is 5.56 Å². The maximum Gasteiger partial charge on any atom is 0.163 e. The van der Waals surface area contributed by atoms with Crippen LogP contribution in [0.1, 0.15) is 35.7 Å². The second-order valence-corrected chi connectivity index (χ2v) is 6.53. The molecule has 1 aliphatic rings. The molecule has 0 bridgehead atoms. The van der Waals surface area contributed by atoms with Gasteiger partial charge in [-0.25, -0.2) is 4.98 Å². The molecule has 1 aromatic carbocycles. The summed E-state index contributed by atoms with van der Waals surface area (Å²) in [5.74, 6) is 0.887. The summed E-state index contributed by atoms with van der Waals surface area (Å²) in [7, 11) is 2.06. The van der Waals surface area contributed by atoms with Crippen LogP contribution in [0.4, 0.5) is 5.82 Å². The Morgan fingerprint density at radius 1 is 1.17 bits per heavy atom. The molecule has 0 unspecified atom stereocenters. The largest absolute Gasteiger partial charge is 0.356 e. The van der Waals surface area contributed by atoms with Gasteiger partial charge < -0.3 is 4.90 Å². The van der Waals surface area contributed by atoms with E-state index in [0.717, 1.165) is 38.3 Å². The Kier molecular flexibility index (Phi) is 5.26. The van der Waals surface area contributed by atoms with E-state index in [-0.39, 0.29) is 5.78 Å². The molecule has 0 radical (unpaired) electrons. The molecule has 126 valence electrons. The standard InChI is InChI=1S/C20H25N3O/c1-16(24)19-9-6-12-21-20(19)22(2)18-10-13-23(14-11-18)15-17-7-4-3-5-8-17/h3-9,12,18H,10-11,13-15H2,1-2H3. The first-order chi connectivity index (χ1) is 11.6. The van der Waals surface area contributed by atoms with E-state index in [2.05, 4.69) is 52.2 Å². The number of carbonyl (C=O) groups excluding carboxylic acids is 1. The number of rotatable bonds is 5. The number of Topliss-reactive ketones (excluding diaryl/α,β-unsaturated/α-hetero) is 1. The van der Waals surface area contributed by atoms with Crippen LogP contribution in [0.2, 0.25) is 0 Å². The zero-order valence-corrected chi connectivity index (χ0v) is 14.5. The van der Waals surface area contributed by atoms with Gasteiger partial charge in [-0.05, 0) is 37.5 Å². The smallest absolute Gasteiger partial charge is 0.163 e. The highest BCUT2D eigenvalue weighted by Crippen LogP contribution is 2.24. The zero-order valence-electron chi connectivity index (χ0n) is 14.5. The number of ketones is 1. The van der Waals surface area contributed by atoms with E-state index < -0.39 is 0 Å². The van der Waals surface area contributed by atoms with Crippen molar-refractivity contribution in [3.05, 3.63) is 59.8 Å².